The molecule has 1 saturated heterocycles. The SMILES string of the molecule is CC1=CN(Cc2cccc(F)c2)[C@@H](N2CCCC(N)C2)N=N1. The van der Waals surface area contributed by atoms with Crippen LogP contribution in [0.25, 0.3) is 0 Å². The molecule has 1 aromatic rings. The lowest BCUT2D eigenvalue weighted by molar-refractivity contribution is 0.0446. The van der Waals surface area contributed by atoms with E-state index in [2.05, 4.69) is 20.0 Å². The summed E-state index contributed by atoms with van der Waals surface area (Å²) in [6.45, 7) is 4.30. The minimum atomic E-state index is -0.214. The van der Waals surface area contributed by atoms with E-state index < -0.39 is 0 Å². The van der Waals surface area contributed by atoms with Gasteiger partial charge in [0, 0.05) is 31.9 Å². The maximum Gasteiger partial charge on any atom is 0.199 e. The van der Waals surface area contributed by atoms with Gasteiger partial charge in [-0.05, 0) is 37.5 Å². The number of nitrogens with zero attached hydrogens (tertiary/aromatic N) is 4. The third-order valence-corrected chi connectivity index (χ3v) is 4.04. The van der Waals surface area contributed by atoms with Crippen molar-refractivity contribution in [1.29, 1.82) is 0 Å². The van der Waals surface area contributed by atoms with Gasteiger partial charge in [-0.25, -0.2) is 4.39 Å². The molecular formula is C16H22FN5. The predicted octanol–water partition coefficient (Wildman–Crippen LogP) is 2.66. The fourth-order valence-electron chi connectivity index (χ4n) is 3.05. The van der Waals surface area contributed by atoms with Crippen molar-refractivity contribution in [2.24, 2.45) is 16.0 Å². The van der Waals surface area contributed by atoms with Gasteiger partial charge in [-0.15, -0.1) is 5.11 Å². The number of hydrogen-bond donors (Lipinski definition) is 1. The molecule has 118 valence electrons. The molecule has 0 bridgehead atoms. The molecule has 1 aromatic carbocycles. The topological polar surface area (TPSA) is 57.2 Å². The Morgan fingerprint density at radius 1 is 1.41 bits per heavy atom. The van der Waals surface area contributed by atoms with Crippen molar-refractivity contribution >= 4 is 0 Å². The molecule has 2 aliphatic heterocycles. The van der Waals surface area contributed by atoms with E-state index in [0.717, 1.165) is 37.2 Å². The van der Waals surface area contributed by atoms with Crippen LogP contribution in [0.15, 0.2) is 46.4 Å². The minimum absolute atomic E-state index is 0.154. The largest absolute Gasteiger partial charge is 0.336 e. The quantitative estimate of drug-likeness (QED) is 0.934. The van der Waals surface area contributed by atoms with E-state index >= 15 is 0 Å². The summed E-state index contributed by atoms with van der Waals surface area (Å²) in [5.74, 6) is -0.214. The second-order valence-corrected chi connectivity index (χ2v) is 6.03. The number of piperidine rings is 1. The molecule has 2 atom stereocenters. The summed E-state index contributed by atoms with van der Waals surface area (Å²) in [4.78, 5) is 4.36. The average Bonchev–Trinajstić information content (AvgIpc) is 2.47. The van der Waals surface area contributed by atoms with Gasteiger partial charge < -0.3 is 10.6 Å². The highest BCUT2D eigenvalue weighted by atomic mass is 19.1. The molecule has 5 nitrogen and oxygen atoms in total. The molecule has 0 spiro atoms. The number of allylic oxidation sites excluding steroid dienone is 1. The van der Waals surface area contributed by atoms with Crippen molar-refractivity contribution < 1.29 is 4.39 Å². The van der Waals surface area contributed by atoms with Crippen LogP contribution in [0.4, 0.5) is 4.39 Å². The van der Waals surface area contributed by atoms with E-state index in [9.17, 15) is 4.39 Å². The molecule has 3 rings (SSSR count). The van der Waals surface area contributed by atoms with Gasteiger partial charge in [0.05, 0.1) is 5.70 Å². The zero-order chi connectivity index (χ0) is 15.5. The lowest BCUT2D eigenvalue weighted by Gasteiger charge is -2.40. The van der Waals surface area contributed by atoms with Gasteiger partial charge >= 0.3 is 0 Å². The molecule has 0 saturated carbocycles. The number of rotatable bonds is 3. The lowest BCUT2D eigenvalue weighted by atomic mass is 10.1. The first kappa shape index (κ1) is 15.1. The maximum atomic E-state index is 13.4. The Bertz CT molecular complexity index is 586. The van der Waals surface area contributed by atoms with Gasteiger partial charge in [-0.3, -0.25) is 4.90 Å². The zero-order valence-electron chi connectivity index (χ0n) is 12.8. The van der Waals surface area contributed by atoms with Gasteiger partial charge in [0.2, 0.25) is 0 Å². The smallest absolute Gasteiger partial charge is 0.199 e. The van der Waals surface area contributed by atoms with Crippen LogP contribution in [-0.4, -0.2) is 35.2 Å². The summed E-state index contributed by atoms with van der Waals surface area (Å²) in [6, 6.07) is 6.87. The van der Waals surface area contributed by atoms with Crippen LogP contribution in [0.1, 0.15) is 25.3 Å². The maximum absolute atomic E-state index is 13.4. The predicted molar refractivity (Wildman–Crippen MR) is 83.1 cm³/mol. The van der Waals surface area contributed by atoms with E-state index in [4.69, 9.17) is 5.73 Å². The van der Waals surface area contributed by atoms with Gasteiger partial charge in [0.1, 0.15) is 5.82 Å². The summed E-state index contributed by atoms with van der Waals surface area (Å²) in [7, 11) is 0. The standard InChI is InChI=1S/C16H22FN5/c1-12-9-22(10-13-4-2-5-14(17)8-13)16(20-19-12)21-7-3-6-15(18)11-21/h2,4-5,8-9,15-16H,3,6-7,10-11,18H2,1H3/t15?,16-/m1/s1. The van der Waals surface area contributed by atoms with E-state index in [1.54, 1.807) is 12.1 Å². The number of hydrogen-bond acceptors (Lipinski definition) is 5. The molecule has 2 N–H and O–H groups in total. The van der Waals surface area contributed by atoms with Crippen LogP contribution >= 0.6 is 0 Å². The van der Waals surface area contributed by atoms with Crippen molar-refractivity contribution in [3.8, 4) is 0 Å². The summed E-state index contributed by atoms with van der Waals surface area (Å²) < 4.78 is 13.4. The highest BCUT2D eigenvalue weighted by molar-refractivity contribution is 5.17. The summed E-state index contributed by atoms with van der Waals surface area (Å²) in [6.07, 6.45) is 3.96. The number of likely N-dealkylation sites (tertiary alicyclic amines) is 1. The molecule has 1 unspecified atom stereocenters. The van der Waals surface area contributed by atoms with Crippen LogP contribution in [-0.2, 0) is 6.54 Å². The third kappa shape index (κ3) is 3.51. The van der Waals surface area contributed by atoms with Gasteiger partial charge in [0.15, 0.2) is 6.29 Å². The Balaban J connectivity index is 1.77. The monoisotopic (exact) mass is 303 g/mol. The van der Waals surface area contributed by atoms with Crippen LogP contribution in [0, 0.1) is 5.82 Å². The molecule has 2 heterocycles. The van der Waals surface area contributed by atoms with E-state index in [1.807, 2.05) is 19.2 Å². The van der Waals surface area contributed by atoms with Gasteiger partial charge in [-0.1, -0.05) is 12.1 Å². The Morgan fingerprint density at radius 2 is 2.27 bits per heavy atom. The highest BCUT2D eigenvalue weighted by Crippen LogP contribution is 2.23. The van der Waals surface area contributed by atoms with E-state index in [1.165, 1.54) is 6.07 Å². The Labute approximate surface area is 130 Å². The average molecular weight is 303 g/mol. The molecule has 1 fully saturated rings. The molecule has 0 amide bonds. The van der Waals surface area contributed by atoms with Gasteiger partial charge in [0.25, 0.3) is 0 Å². The number of benzene rings is 1. The second-order valence-electron chi connectivity index (χ2n) is 6.03. The molecule has 2 aliphatic rings. The zero-order valence-corrected chi connectivity index (χ0v) is 12.8. The van der Waals surface area contributed by atoms with E-state index in [0.29, 0.717) is 6.54 Å². The first-order chi connectivity index (χ1) is 10.6. The van der Waals surface area contributed by atoms with Crippen LogP contribution < -0.4 is 5.73 Å². The molecule has 22 heavy (non-hydrogen) atoms. The molecular weight excluding hydrogens is 281 g/mol. The van der Waals surface area contributed by atoms with Crippen molar-refractivity contribution in [1.82, 2.24) is 9.80 Å². The summed E-state index contributed by atoms with van der Waals surface area (Å²) in [5, 5.41) is 8.64. The molecule has 0 radical (unpaired) electrons. The van der Waals surface area contributed by atoms with Gasteiger partial charge in [-0.2, -0.15) is 5.11 Å². The van der Waals surface area contributed by atoms with Crippen molar-refractivity contribution in [3.63, 3.8) is 0 Å². The number of nitrogens with two attached hydrogens (primary N) is 1. The fourth-order valence-corrected chi connectivity index (χ4v) is 3.05. The lowest BCUT2D eigenvalue weighted by Crippen LogP contribution is -2.52. The Kier molecular flexibility index (Phi) is 4.49. The van der Waals surface area contributed by atoms with E-state index in [-0.39, 0.29) is 18.1 Å². The Hall–Kier alpha value is -1.79. The van der Waals surface area contributed by atoms with Crippen LogP contribution in [0.5, 0.6) is 0 Å². The van der Waals surface area contributed by atoms with Crippen LogP contribution in [0.2, 0.25) is 0 Å². The first-order valence-corrected chi connectivity index (χ1v) is 7.71. The fraction of sp³-hybridized carbons (Fsp3) is 0.500. The van der Waals surface area contributed by atoms with Crippen LogP contribution in [0.3, 0.4) is 0 Å². The third-order valence-electron chi connectivity index (χ3n) is 4.04. The van der Waals surface area contributed by atoms with Crippen molar-refractivity contribution in [3.05, 3.63) is 47.5 Å². The molecule has 0 aromatic heterocycles. The van der Waals surface area contributed by atoms with Crippen molar-refractivity contribution in [2.75, 3.05) is 13.1 Å². The van der Waals surface area contributed by atoms with Crippen molar-refractivity contribution in [2.45, 2.75) is 38.6 Å². The second kappa shape index (κ2) is 6.54. The summed E-state index contributed by atoms with van der Waals surface area (Å²) >= 11 is 0. The molecule has 0 aliphatic carbocycles. The molecule has 6 heteroatoms. The number of azo groups is 1. The normalized spacial score (nSPS) is 26.1. The minimum Gasteiger partial charge on any atom is -0.336 e. The number of halogens is 1. The summed E-state index contributed by atoms with van der Waals surface area (Å²) in [5.41, 5.74) is 7.86. The highest BCUT2D eigenvalue weighted by Gasteiger charge is 2.29. The Morgan fingerprint density at radius 3 is 3.05 bits per heavy atom. The first-order valence-electron chi connectivity index (χ1n) is 7.71.